The normalized spacial score (nSPS) is 10.7. The Morgan fingerprint density at radius 1 is 0.909 bits per heavy atom. The number of nitriles is 1. The molecule has 6 nitrogen and oxygen atoms in total. The molecule has 0 spiro atoms. The number of anilines is 1. The van der Waals surface area contributed by atoms with Gasteiger partial charge in [0.25, 0.3) is 11.8 Å². The summed E-state index contributed by atoms with van der Waals surface area (Å²) in [5, 5.41) is 14.9. The average Bonchev–Trinajstić information content (AvgIpc) is 2.85. The average molecular weight is 440 g/mol. The van der Waals surface area contributed by atoms with E-state index >= 15 is 0 Å². The lowest BCUT2D eigenvalue weighted by molar-refractivity contribution is -0.118. The first-order valence-electron chi connectivity index (χ1n) is 10.7. The van der Waals surface area contributed by atoms with E-state index in [0.717, 1.165) is 12.8 Å². The highest BCUT2D eigenvalue weighted by molar-refractivity contribution is 6.01. The molecule has 0 saturated heterocycles. The van der Waals surface area contributed by atoms with E-state index in [9.17, 15) is 14.9 Å². The predicted molar refractivity (Wildman–Crippen MR) is 128 cm³/mol. The van der Waals surface area contributed by atoms with Crippen molar-refractivity contribution in [3.63, 3.8) is 0 Å². The number of carbonyl (C=O) groups excluding carboxylic acids is 2. The molecule has 3 aromatic rings. The Morgan fingerprint density at radius 2 is 1.58 bits per heavy atom. The van der Waals surface area contributed by atoms with Gasteiger partial charge in [0.05, 0.1) is 0 Å². The lowest BCUT2D eigenvalue weighted by atomic mass is 10.1. The van der Waals surface area contributed by atoms with Crippen molar-refractivity contribution in [1.29, 1.82) is 5.26 Å². The molecule has 3 rings (SSSR count). The Bertz CT molecular complexity index is 1120. The third kappa shape index (κ3) is 8.00. The first-order valence-corrected chi connectivity index (χ1v) is 10.7. The molecule has 0 fully saturated rings. The van der Waals surface area contributed by atoms with Crippen LogP contribution in [0.5, 0.6) is 5.75 Å². The topological polar surface area (TPSA) is 91.2 Å². The summed E-state index contributed by atoms with van der Waals surface area (Å²) in [7, 11) is 0. The summed E-state index contributed by atoms with van der Waals surface area (Å²) in [4.78, 5) is 24.3. The molecule has 0 aliphatic carbocycles. The van der Waals surface area contributed by atoms with Gasteiger partial charge in [-0.25, -0.2) is 0 Å². The maximum Gasteiger partial charge on any atom is 0.262 e. The van der Waals surface area contributed by atoms with Crippen molar-refractivity contribution in [3.8, 4) is 11.8 Å². The van der Waals surface area contributed by atoms with Crippen molar-refractivity contribution in [1.82, 2.24) is 5.32 Å². The van der Waals surface area contributed by atoms with E-state index < -0.39 is 5.91 Å². The largest absolute Gasteiger partial charge is 0.484 e. The van der Waals surface area contributed by atoms with Gasteiger partial charge in [0.2, 0.25) is 0 Å². The number of nitrogens with one attached hydrogen (secondary N) is 2. The Balaban J connectivity index is 1.45. The van der Waals surface area contributed by atoms with Crippen LogP contribution in [0.4, 0.5) is 5.69 Å². The quantitative estimate of drug-likeness (QED) is 0.279. The van der Waals surface area contributed by atoms with Crippen LogP contribution in [0.1, 0.15) is 17.5 Å². The summed E-state index contributed by atoms with van der Waals surface area (Å²) < 4.78 is 5.50. The van der Waals surface area contributed by atoms with E-state index in [0.29, 0.717) is 23.5 Å². The zero-order chi connectivity index (χ0) is 23.3. The second-order valence-corrected chi connectivity index (χ2v) is 7.29. The number of hydrogen-bond donors (Lipinski definition) is 2. The maximum atomic E-state index is 12.3. The second kappa shape index (κ2) is 12.5. The van der Waals surface area contributed by atoms with Gasteiger partial charge in [0.15, 0.2) is 6.61 Å². The molecular weight excluding hydrogens is 414 g/mol. The number of benzene rings is 3. The molecule has 0 unspecified atom stereocenters. The third-order valence-electron chi connectivity index (χ3n) is 4.75. The Hall–Kier alpha value is -4.37. The van der Waals surface area contributed by atoms with Gasteiger partial charge in [0.1, 0.15) is 17.4 Å². The fourth-order valence-corrected chi connectivity index (χ4v) is 3.08. The molecule has 33 heavy (non-hydrogen) atoms. The van der Waals surface area contributed by atoms with Crippen LogP contribution in [0.15, 0.2) is 90.5 Å². The van der Waals surface area contributed by atoms with Gasteiger partial charge >= 0.3 is 0 Å². The summed E-state index contributed by atoms with van der Waals surface area (Å²) in [6, 6.07) is 28.0. The maximum absolute atomic E-state index is 12.3. The fourth-order valence-electron chi connectivity index (χ4n) is 3.08. The lowest BCUT2D eigenvalue weighted by Gasteiger charge is -2.08. The number of hydrogen-bond acceptors (Lipinski definition) is 4. The zero-order valence-electron chi connectivity index (χ0n) is 18.2. The molecule has 0 bridgehead atoms. The Kier molecular flexibility index (Phi) is 8.81. The smallest absolute Gasteiger partial charge is 0.262 e. The summed E-state index contributed by atoms with van der Waals surface area (Å²) in [5.41, 5.74) is 2.63. The molecule has 2 amide bonds. The van der Waals surface area contributed by atoms with Crippen molar-refractivity contribution < 1.29 is 14.3 Å². The van der Waals surface area contributed by atoms with E-state index in [1.54, 1.807) is 36.4 Å². The number of carbonyl (C=O) groups is 2. The molecule has 0 saturated carbocycles. The Morgan fingerprint density at radius 3 is 2.24 bits per heavy atom. The standard InChI is InChI=1S/C27H25N3O3/c28-19-23(27(32)29-17-7-10-21-8-3-1-4-9-21)18-22-13-15-25(16-14-22)33-20-26(31)30-24-11-5-2-6-12-24/h1-6,8-9,11-16,18H,7,10,17,20H2,(H,29,32)(H,30,31)/b23-18-. The molecule has 0 aliphatic heterocycles. The molecule has 166 valence electrons. The van der Waals surface area contributed by atoms with Crippen molar-refractivity contribution >= 4 is 23.6 Å². The molecule has 0 atom stereocenters. The monoisotopic (exact) mass is 439 g/mol. The van der Waals surface area contributed by atoms with E-state index in [4.69, 9.17) is 4.74 Å². The number of rotatable bonds is 10. The van der Waals surface area contributed by atoms with Crippen LogP contribution < -0.4 is 15.4 Å². The third-order valence-corrected chi connectivity index (χ3v) is 4.75. The fraction of sp³-hybridized carbons (Fsp3) is 0.148. The van der Waals surface area contributed by atoms with Gasteiger partial charge in [-0.05, 0) is 54.3 Å². The van der Waals surface area contributed by atoms with E-state index in [-0.39, 0.29) is 18.1 Å². The number of para-hydroxylation sites is 1. The number of ether oxygens (including phenoxy) is 1. The first-order chi connectivity index (χ1) is 16.1. The van der Waals surface area contributed by atoms with Crippen LogP contribution in [0.25, 0.3) is 6.08 Å². The van der Waals surface area contributed by atoms with Crippen LogP contribution in [0, 0.1) is 11.3 Å². The van der Waals surface area contributed by atoms with Gasteiger partial charge in [-0.1, -0.05) is 60.7 Å². The van der Waals surface area contributed by atoms with Crippen molar-refractivity contribution in [3.05, 3.63) is 102 Å². The van der Waals surface area contributed by atoms with Crippen molar-refractivity contribution in [2.45, 2.75) is 12.8 Å². The number of aryl methyl sites for hydroxylation is 1. The number of nitrogens with zero attached hydrogens (tertiary/aromatic N) is 1. The molecule has 0 heterocycles. The summed E-state index contributed by atoms with van der Waals surface area (Å²) in [5.74, 6) is -0.149. The first kappa shape index (κ1) is 23.3. The van der Waals surface area contributed by atoms with Crippen molar-refractivity contribution in [2.24, 2.45) is 0 Å². The van der Waals surface area contributed by atoms with Crippen molar-refractivity contribution in [2.75, 3.05) is 18.5 Å². The molecule has 3 aromatic carbocycles. The summed E-state index contributed by atoms with van der Waals surface area (Å²) >= 11 is 0. The highest BCUT2D eigenvalue weighted by Crippen LogP contribution is 2.15. The minimum atomic E-state index is -0.400. The van der Waals surface area contributed by atoms with Gasteiger partial charge in [-0.3, -0.25) is 9.59 Å². The molecule has 0 aliphatic rings. The van der Waals surface area contributed by atoms with Gasteiger partial charge in [-0.15, -0.1) is 0 Å². The van der Waals surface area contributed by atoms with Gasteiger partial charge < -0.3 is 15.4 Å². The molecule has 6 heteroatoms. The van der Waals surface area contributed by atoms with Crippen LogP contribution >= 0.6 is 0 Å². The molecule has 0 aromatic heterocycles. The molecule has 2 N–H and O–H groups in total. The van der Waals surface area contributed by atoms with E-state index in [1.807, 2.05) is 54.6 Å². The van der Waals surface area contributed by atoms with Crippen LogP contribution in [0.3, 0.4) is 0 Å². The molecular formula is C27H25N3O3. The van der Waals surface area contributed by atoms with E-state index in [1.165, 1.54) is 11.6 Å². The van der Waals surface area contributed by atoms with E-state index in [2.05, 4.69) is 10.6 Å². The Labute approximate surface area is 193 Å². The SMILES string of the molecule is N#C/C(=C/c1ccc(OCC(=O)Nc2ccccc2)cc1)C(=O)NCCCc1ccccc1. The van der Waals surface area contributed by atoms with Crippen LogP contribution in [0.2, 0.25) is 0 Å². The second-order valence-electron chi connectivity index (χ2n) is 7.29. The minimum absolute atomic E-state index is 0.0330. The van der Waals surface area contributed by atoms with Gasteiger partial charge in [-0.2, -0.15) is 5.26 Å². The van der Waals surface area contributed by atoms with Crippen LogP contribution in [-0.4, -0.2) is 25.0 Å². The highest BCUT2D eigenvalue weighted by atomic mass is 16.5. The predicted octanol–water partition coefficient (Wildman–Crippen LogP) is 4.36. The summed E-state index contributed by atoms with van der Waals surface area (Å²) in [6.45, 7) is 0.365. The number of amides is 2. The lowest BCUT2D eigenvalue weighted by Crippen LogP contribution is -2.25. The summed E-state index contributed by atoms with van der Waals surface area (Å²) in [6.07, 6.45) is 3.17. The van der Waals surface area contributed by atoms with Crippen LogP contribution in [-0.2, 0) is 16.0 Å². The highest BCUT2D eigenvalue weighted by Gasteiger charge is 2.09. The van der Waals surface area contributed by atoms with Gasteiger partial charge in [0, 0.05) is 12.2 Å². The zero-order valence-corrected chi connectivity index (χ0v) is 18.2. The minimum Gasteiger partial charge on any atom is -0.484 e. The molecule has 0 radical (unpaired) electrons.